The van der Waals surface area contributed by atoms with Crippen molar-refractivity contribution in [3.8, 4) is 0 Å². The van der Waals surface area contributed by atoms with E-state index < -0.39 is 5.60 Å². The summed E-state index contributed by atoms with van der Waals surface area (Å²) in [5, 5.41) is 10.6. The van der Waals surface area contributed by atoms with E-state index in [0.29, 0.717) is 25.2 Å². The highest BCUT2D eigenvalue weighted by molar-refractivity contribution is 5.92. The number of carbonyl (C=O) groups excluding carboxylic acids is 2. The Morgan fingerprint density at radius 3 is 2.81 bits per heavy atom. The zero-order chi connectivity index (χ0) is 11.7. The van der Waals surface area contributed by atoms with Gasteiger partial charge in [0.25, 0.3) is 0 Å². The molecule has 5 atom stereocenters. The molecule has 3 rings (SSSR count). The van der Waals surface area contributed by atoms with Crippen molar-refractivity contribution >= 4 is 11.6 Å². The molecule has 4 bridgehead atoms. The minimum Gasteiger partial charge on any atom is -0.381 e. The molecule has 3 heteroatoms. The quantitative estimate of drug-likeness (QED) is 0.728. The zero-order valence-corrected chi connectivity index (χ0v) is 9.82. The number of rotatable bonds is 1. The third kappa shape index (κ3) is 0.899. The van der Waals surface area contributed by atoms with Crippen LogP contribution < -0.4 is 0 Å². The largest absolute Gasteiger partial charge is 0.381 e. The lowest BCUT2D eigenvalue weighted by molar-refractivity contribution is -0.155. The minimum absolute atomic E-state index is 0.00766. The maximum absolute atomic E-state index is 12.0. The summed E-state index contributed by atoms with van der Waals surface area (Å²) in [6, 6.07) is 0. The van der Waals surface area contributed by atoms with Crippen molar-refractivity contribution in [1.29, 1.82) is 0 Å². The van der Waals surface area contributed by atoms with Gasteiger partial charge in [0.1, 0.15) is 11.4 Å². The summed E-state index contributed by atoms with van der Waals surface area (Å²) in [6.07, 6.45) is 2.64. The van der Waals surface area contributed by atoms with E-state index in [0.717, 1.165) is 6.42 Å². The van der Waals surface area contributed by atoms with E-state index in [1.54, 1.807) is 6.92 Å². The lowest BCUT2D eigenvalue weighted by Gasteiger charge is -2.42. The third-order valence-electron chi connectivity index (χ3n) is 5.66. The zero-order valence-electron chi connectivity index (χ0n) is 9.82. The van der Waals surface area contributed by atoms with Gasteiger partial charge in [-0.25, -0.2) is 0 Å². The van der Waals surface area contributed by atoms with Gasteiger partial charge in [-0.2, -0.15) is 0 Å². The molecule has 0 aromatic heterocycles. The van der Waals surface area contributed by atoms with E-state index >= 15 is 0 Å². The van der Waals surface area contributed by atoms with Gasteiger partial charge in [0, 0.05) is 17.8 Å². The molecule has 0 aliphatic heterocycles. The van der Waals surface area contributed by atoms with Gasteiger partial charge < -0.3 is 5.11 Å². The molecule has 3 aliphatic carbocycles. The van der Waals surface area contributed by atoms with Gasteiger partial charge in [-0.15, -0.1) is 0 Å². The highest BCUT2D eigenvalue weighted by Crippen LogP contribution is 2.67. The van der Waals surface area contributed by atoms with Crippen LogP contribution in [0, 0.1) is 23.2 Å². The van der Waals surface area contributed by atoms with Crippen molar-refractivity contribution in [1.82, 2.24) is 0 Å². The number of aliphatic hydroxyl groups is 1. The standard InChI is InChI=1S/C13H18O3/c1-7(14)9-6-12(2)10-3-4-13(12,16)11(15)5-8(9)10/h8-10,16H,3-6H2,1-2H3/t8-,9+,10-,12+,13-/m0/s1. The van der Waals surface area contributed by atoms with Crippen LogP contribution in [-0.4, -0.2) is 22.3 Å². The Hall–Kier alpha value is -0.700. The second-order valence-corrected chi connectivity index (χ2v) is 6.14. The predicted octanol–water partition coefficient (Wildman–Crippen LogP) is 1.33. The third-order valence-corrected chi connectivity index (χ3v) is 5.66. The fourth-order valence-electron chi connectivity index (χ4n) is 4.74. The number of carbonyl (C=O) groups is 2. The highest BCUT2D eigenvalue weighted by Gasteiger charge is 2.70. The first-order chi connectivity index (χ1) is 7.40. The molecule has 3 aliphatic rings. The molecule has 3 saturated carbocycles. The summed E-state index contributed by atoms with van der Waals surface area (Å²) >= 11 is 0. The average Bonchev–Trinajstić information content (AvgIpc) is 2.53. The summed E-state index contributed by atoms with van der Waals surface area (Å²) in [7, 11) is 0. The van der Waals surface area contributed by atoms with Crippen LogP contribution in [0.15, 0.2) is 0 Å². The van der Waals surface area contributed by atoms with Gasteiger partial charge in [0.2, 0.25) is 0 Å². The van der Waals surface area contributed by atoms with Crippen LogP contribution in [0.5, 0.6) is 0 Å². The van der Waals surface area contributed by atoms with E-state index in [2.05, 4.69) is 0 Å². The second-order valence-electron chi connectivity index (χ2n) is 6.14. The lowest BCUT2D eigenvalue weighted by Crippen LogP contribution is -2.52. The smallest absolute Gasteiger partial charge is 0.165 e. The van der Waals surface area contributed by atoms with E-state index in [9.17, 15) is 14.7 Å². The molecule has 0 unspecified atom stereocenters. The van der Waals surface area contributed by atoms with Crippen LogP contribution in [0.25, 0.3) is 0 Å². The van der Waals surface area contributed by atoms with Crippen molar-refractivity contribution in [2.75, 3.05) is 0 Å². The van der Waals surface area contributed by atoms with Crippen molar-refractivity contribution in [3.63, 3.8) is 0 Å². The molecule has 0 radical (unpaired) electrons. The number of hydrogen-bond donors (Lipinski definition) is 1. The Morgan fingerprint density at radius 1 is 1.50 bits per heavy atom. The van der Waals surface area contributed by atoms with Crippen molar-refractivity contribution in [2.45, 2.75) is 45.1 Å². The fourth-order valence-corrected chi connectivity index (χ4v) is 4.74. The van der Waals surface area contributed by atoms with Crippen LogP contribution in [0.3, 0.4) is 0 Å². The number of ketones is 2. The molecular formula is C13H18O3. The molecular weight excluding hydrogens is 204 g/mol. The minimum atomic E-state index is -1.13. The summed E-state index contributed by atoms with van der Waals surface area (Å²) in [6.45, 7) is 3.63. The van der Waals surface area contributed by atoms with Gasteiger partial charge in [0.05, 0.1) is 0 Å². The molecule has 0 amide bonds. The molecule has 0 heterocycles. The molecule has 1 N–H and O–H groups in total. The Kier molecular flexibility index (Phi) is 1.80. The summed E-state index contributed by atoms with van der Waals surface area (Å²) < 4.78 is 0. The highest BCUT2D eigenvalue weighted by atomic mass is 16.3. The first-order valence-corrected chi connectivity index (χ1v) is 6.16. The Bertz CT molecular complexity index is 389. The normalized spacial score (nSPS) is 54.4. The Morgan fingerprint density at radius 2 is 2.19 bits per heavy atom. The number of Topliss-reactive ketones (excluding diaryl/α,β-unsaturated/α-hetero) is 2. The van der Waals surface area contributed by atoms with E-state index in [4.69, 9.17) is 0 Å². The molecule has 0 aromatic carbocycles. The SMILES string of the molecule is CC(=O)[C@H]1C[C@]2(C)[C@H]3CC[C@]2(O)C(=O)C[C@@H]13. The molecule has 88 valence electrons. The maximum atomic E-state index is 12.0. The molecule has 0 saturated heterocycles. The van der Waals surface area contributed by atoms with Gasteiger partial charge in [-0.1, -0.05) is 6.92 Å². The average molecular weight is 222 g/mol. The Balaban J connectivity index is 2.10. The monoisotopic (exact) mass is 222 g/mol. The van der Waals surface area contributed by atoms with Gasteiger partial charge >= 0.3 is 0 Å². The topological polar surface area (TPSA) is 54.4 Å². The fraction of sp³-hybridized carbons (Fsp3) is 0.846. The maximum Gasteiger partial charge on any atom is 0.165 e. The first kappa shape index (κ1) is 10.5. The van der Waals surface area contributed by atoms with Crippen LogP contribution in [0.2, 0.25) is 0 Å². The Labute approximate surface area is 95.2 Å². The molecule has 0 spiro atoms. The van der Waals surface area contributed by atoms with Crippen LogP contribution in [-0.2, 0) is 9.59 Å². The van der Waals surface area contributed by atoms with Crippen LogP contribution in [0.4, 0.5) is 0 Å². The van der Waals surface area contributed by atoms with Crippen LogP contribution in [0.1, 0.15) is 39.5 Å². The second kappa shape index (κ2) is 2.76. The van der Waals surface area contributed by atoms with Crippen molar-refractivity contribution in [3.05, 3.63) is 0 Å². The summed E-state index contributed by atoms with van der Waals surface area (Å²) in [5.41, 5.74) is -1.46. The van der Waals surface area contributed by atoms with E-state index in [1.807, 2.05) is 6.92 Å². The van der Waals surface area contributed by atoms with E-state index in [1.165, 1.54) is 0 Å². The van der Waals surface area contributed by atoms with Gasteiger partial charge in [0.15, 0.2) is 5.78 Å². The number of hydrogen-bond acceptors (Lipinski definition) is 3. The lowest BCUT2D eigenvalue weighted by atomic mass is 9.64. The van der Waals surface area contributed by atoms with E-state index in [-0.39, 0.29) is 28.8 Å². The first-order valence-electron chi connectivity index (χ1n) is 6.16. The van der Waals surface area contributed by atoms with Crippen LogP contribution >= 0.6 is 0 Å². The molecule has 3 nitrogen and oxygen atoms in total. The van der Waals surface area contributed by atoms with Crippen molar-refractivity contribution < 1.29 is 14.7 Å². The summed E-state index contributed by atoms with van der Waals surface area (Å²) in [5.74, 6) is 0.769. The van der Waals surface area contributed by atoms with Gasteiger partial charge in [-0.3, -0.25) is 9.59 Å². The molecule has 0 aromatic rings. The van der Waals surface area contributed by atoms with Crippen molar-refractivity contribution in [2.24, 2.45) is 23.2 Å². The molecule has 3 fully saturated rings. The molecule has 16 heavy (non-hydrogen) atoms. The predicted molar refractivity (Wildman–Crippen MR) is 57.7 cm³/mol. The summed E-state index contributed by atoms with van der Waals surface area (Å²) in [4.78, 5) is 23.7. The van der Waals surface area contributed by atoms with Gasteiger partial charge in [-0.05, 0) is 38.0 Å².